The minimum absolute atomic E-state index is 0.197. The molecule has 0 atom stereocenters. The maximum absolute atomic E-state index is 12.1. The van der Waals surface area contributed by atoms with Crippen molar-refractivity contribution >= 4 is 39.4 Å². The van der Waals surface area contributed by atoms with Crippen LogP contribution in [-0.4, -0.2) is 31.4 Å². The van der Waals surface area contributed by atoms with Crippen molar-refractivity contribution in [3.8, 4) is 0 Å². The van der Waals surface area contributed by atoms with Gasteiger partial charge in [0.25, 0.3) is 11.8 Å². The highest BCUT2D eigenvalue weighted by Gasteiger charge is 2.09. The van der Waals surface area contributed by atoms with Gasteiger partial charge < -0.3 is 15.4 Å². The quantitative estimate of drug-likeness (QED) is 0.768. The number of methoxy groups -OCH3 is 1. The van der Waals surface area contributed by atoms with Crippen molar-refractivity contribution in [2.45, 2.75) is 0 Å². The Labute approximate surface area is 147 Å². The average Bonchev–Trinajstić information content (AvgIpc) is 2.60. The molecule has 0 heterocycles. The second-order valence-corrected chi connectivity index (χ2v) is 5.71. The lowest BCUT2D eigenvalue weighted by Crippen LogP contribution is -2.30. The van der Waals surface area contributed by atoms with Crippen LogP contribution in [0.3, 0.4) is 0 Å². The second-order valence-electron chi connectivity index (χ2n) is 4.80. The number of carbonyl (C=O) groups is 3. The molecule has 2 amide bonds. The minimum atomic E-state index is -0.526. The first-order valence-corrected chi connectivity index (χ1v) is 7.81. The zero-order chi connectivity index (χ0) is 17.5. The van der Waals surface area contributed by atoms with E-state index in [1.165, 1.54) is 7.11 Å². The molecule has 7 heteroatoms. The van der Waals surface area contributed by atoms with E-state index in [9.17, 15) is 14.4 Å². The number of hydrogen-bond donors (Lipinski definition) is 2. The van der Waals surface area contributed by atoms with Crippen molar-refractivity contribution in [2.24, 2.45) is 0 Å². The van der Waals surface area contributed by atoms with E-state index in [1.807, 2.05) is 0 Å². The van der Waals surface area contributed by atoms with Crippen LogP contribution in [0, 0.1) is 0 Å². The number of ether oxygens (including phenoxy) is 1. The van der Waals surface area contributed by atoms with Crippen molar-refractivity contribution in [3.63, 3.8) is 0 Å². The van der Waals surface area contributed by atoms with Crippen LogP contribution >= 0.6 is 15.9 Å². The van der Waals surface area contributed by atoms with E-state index >= 15 is 0 Å². The summed E-state index contributed by atoms with van der Waals surface area (Å²) >= 11 is 3.31. The van der Waals surface area contributed by atoms with Gasteiger partial charge in [-0.2, -0.15) is 0 Å². The van der Waals surface area contributed by atoms with Gasteiger partial charge in [-0.1, -0.05) is 15.9 Å². The number of amides is 2. The van der Waals surface area contributed by atoms with Crippen LogP contribution in [0.5, 0.6) is 0 Å². The van der Waals surface area contributed by atoms with E-state index < -0.39 is 11.9 Å². The Balaban J connectivity index is 1.96. The third kappa shape index (κ3) is 4.92. The van der Waals surface area contributed by atoms with E-state index in [-0.39, 0.29) is 12.5 Å². The molecule has 0 aromatic heterocycles. The fourth-order valence-electron chi connectivity index (χ4n) is 1.84. The van der Waals surface area contributed by atoms with Gasteiger partial charge in [0, 0.05) is 21.3 Å². The maximum atomic E-state index is 12.1. The summed E-state index contributed by atoms with van der Waals surface area (Å²) in [6.07, 6.45) is 0. The van der Waals surface area contributed by atoms with Gasteiger partial charge in [-0.05, 0) is 48.5 Å². The summed E-state index contributed by atoms with van der Waals surface area (Å²) in [4.78, 5) is 34.9. The molecular formula is C17H15BrN2O4. The normalized spacial score (nSPS) is 9.92. The predicted molar refractivity (Wildman–Crippen MR) is 92.9 cm³/mol. The fraction of sp³-hybridized carbons (Fsp3) is 0.118. The van der Waals surface area contributed by atoms with Crippen LogP contribution in [-0.2, 0) is 9.53 Å². The molecule has 2 aromatic rings. The largest absolute Gasteiger partial charge is 0.468 e. The Bertz CT molecular complexity index is 742. The molecule has 0 unspecified atom stereocenters. The summed E-state index contributed by atoms with van der Waals surface area (Å²) in [6.45, 7) is -0.197. The molecule has 124 valence electrons. The zero-order valence-corrected chi connectivity index (χ0v) is 14.4. The number of carbonyl (C=O) groups excluding carboxylic acids is 3. The third-order valence-electron chi connectivity index (χ3n) is 3.13. The lowest BCUT2D eigenvalue weighted by molar-refractivity contribution is -0.139. The number of nitrogens with one attached hydrogen (secondary N) is 2. The van der Waals surface area contributed by atoms with Crippen LogP contribution in [0.2, 0.25) is 0 Å². The summed E-state index contributed by atoms with van der Waals surface area (Å²) in [5, 5.41) is 5.18. The SMILES string of the molecule is COC(=O)CNC(=O)c1ccc(NC(=O)c2ccc(Br)cc2)cc1. The van der Waals surface area contributed by atoms with Gasteiger partial charge in [0.05, 0.1) is 7.11 Å². The summed E-state index contributed by atoms with van der Waals surface area (Å²) in [5.41, 5.74) is 1.46. The van der Waals surface area contributed by atoms with E-state index in [4.69, 9.17) is 0 Å². The minimum Gasteiger partial charge on any atom is -0.468 e. The predicted octanol–water partition coefficient (Wildman–Crippen LogP) is 2.60. The molecule has 0 saturated heterocycles. The van der Waals surface area contributed by atoms with Crippen molar-refractivity contribution in [2.75, 3.05) is 19.0 Å². The number of benzene rings is 2. The van der Waals surface area contributed by atoms with Gasteiger partial charge in [-0.25, -0.2) is 0 Å². The first kappa shape index (κ1) is 17.7. The molecule has 0 saturated carbocycles. The molecule has 0 aliphatic heterocycles. The molecule has 0 fully saturated rings. The lowest BCUT2D eigenvalue weighted by atomic mass is 10.1. The van der Waals surface area contributed by atoms with Gasteiger partial charge in [-0.3, -0.25) is 14.4 Å². The monoisotopic (exact) mass is 390 g/mol. The van der Waals surface area contributed by atoms with E-state index in [0.29, 0.717) is 16.8 Å². The molecule has 0 spiro atoms. The van der Waals surface area contributed by atoms with E-state index in [2.05, 4.69) is 31.3 Å². The lowest BCUT2D eigenvalue weighted by Gasteiger charge is -2.07. The molecule has 0 aliphatic rings. The molecule has 6 nitrogen and oxygen atoms in total. The fourth-order valence-corrected chi connectivity index (χ4v) is 2.10. The van der Waals surface area contributed by atoms with Gasteiger partial charge in [0.1, 0.15) is 6.54 Å². The van der Waals surface area contributed by atoms with Crippen molar-refractivity contribution in [1.29, 1.82) is 0 Å². The van der Waals surface area contributed by atoms with Gasteiger partial charge in [0.15, 0.2) is 0 Å². The van der Waals surface area contributed by atoms with E-state index in [1.54, 1.807) is 48.5 Å². The van der Waals surface area contributed by atoms with Gasteiger partial charge in [-0.15, -0.1) is 0 Å². The number of anilines is 1. The van der Waals surface area contributed by atoms with Crippen LogP contribution < -0.4 is 10.6 Å². The number of hydrogen-bond acceptors (Lipinski definition) is 4. The smallest absolute Gasteiger partial charge is 0.325 e. The molecule has 2 rings (SSSR count). The summed E-state index contributed by atoms with van der Waals surface area (Å²) in [5.74, 6) is -1.17. The van der Waals surface area contributed by atoms with Crippen LogP contribution in [0.15, 0.2) is 53.0 Å². The summed E-state index contributed by atoms with van der Waals surface area (Å²) < 4.78 is 5.33. The van der Waals surface area contributed by atoms with Crippen molar-refractivity contribution in [1.82, 2.24) is 5.32 Å². The van der Waals surface area contributed by atoms with Crippen LogP contribution in [0.4, 0.5) is 5.69 Å². The van der Waals surface area contributed by atoms with Crippen LogP contribution in [0.25, 0.3) is 0 Å². The first-order chi connectivity index (χ1) is 11.5. The van der Waals surface area contributed by atoms with Crippen LogP contribution in [0.1, 0.15) is 20.7 Å². The average molecular weight is 391 g/mol. The maximum Gasteiger partial charge on any atom is 0.325 e. The molecule has 2 aromatic carbocycles. The van der Waals surface area contributed by atoms with Crippen molar-refractivity contribution < 1.29 is 19.1 Å². The molecule has 0 radical (unpaired) electrons. The highest BCUT2D eigenvalue weighted by Crippen LogP contribution is 2.14. The number of rotatable bonds is 5. The third-order valence-corrected chi connectivity index (χ3v) is 3.66. The zero-order valence-electron chi connectivity index (χ0n) is 12.8. The molecular weight excluding hydrogens is 376 g/mol. The highest BCUT2D eigenvalue weighted by molar-refractivity contribution is 9.10. The Kier molecular flexibility index (Phi) is 6.08. The van der Waals surface area contributed by atoms with Gasteiger partial charge >= 0.3 is 5.97 Å². The summed E-state index contributed by atoms with van der Waals surface area (Å²) in [6, 6.07) is 13.3. The Morgan fingerprint density at radius 3 is 2.04 bits per heavy atom. The Morgan fingerprint density at radius 1 is 0.917 bits per heavy atom. The molecule has 0 bridgehead atoms. The van der Waals surface area contributed by atoms with E-state index in [0.717, 1.165) is 4.47 Å². The number of esters is 1. The molecule has 2 N–H and O–H groups in total. The second kappa shape index (κ2) is 8.26. The Morgan fingerprint density at radius 2 is 1.46 bits per heavy atom. The number of halogens is 1. The van der Waals surface area contributed by atoms with Crippen molar-refractivity contribution in [3.05, 3.63) is 64.1 Å². The van der Waals surface area contributed by atoms with Gasteiger partial charge in [0.2, 0.25) is 0 Å². The highest BCUT2D eigenvalue weighted by atomic mass is 79.9. The molecule has 0 aliphatic carbocycles. The first-order valence-electron chi connectivity index (χ1n) is 7.01. The Hall–Kier alpha value is -2.67. The summed E-state index contributed by atoms with van der Waals surface area (Å²) in [7, 11) is 1.25. The molecule has 24 heavy (non-hydrogen) atoms. The standard InChI is InChI=1S/C17H15BrN2O4/c1-24-15(21)10-19-16(22)11-4-8-14(9-5-11)20-17(23)12-2-6-13(18)7-3-12/h2-9H,10H2,1H3,(H,19,22)(H,20,23). The topological polar surface area (TPSA) is 84.5 Å².